The van der Waals surface area contributed by atoms with Crippen molar-refractivity contribution < 1.29 is 27.3 Å². The second-order valence-electron chi connectivity index (χ2n) is 0.314. The van der Waals surface area contributed by atoms with E-state index >= 15 is 0 Å². The third-order valence-corrected chi connectivity index (χ3v) is 0. The summed E-state index contributed by atoms with van der Waals surface area (Å²) in [5, 5.41) is 0. The molecule has 0 atom stereocenters. The molecule has 7 heteroatoms. The predicted molar refractivity (Wildman–Crippen MR) is 25.3 cm³/mol. The number of rotatable bonds is 0. The van der Waals surface area contributed by atoms with Crippen LogP contribution in [0.15, 0.2) is 0 Å². The van der Waals surface area contributed by atoms with Crippen LogP contribution in [0.5, 0.6) is 0 Å². The van der Waals surface area contributed by atoms with Crippen molar-refractivity contribution in [1.29, 1.82) is 0 Å². The Morgan fingerprint density at radius 1 is 1.14 bits per heavy atom. The van der Waals surface area contributed by atoms with Gasteiger partial charge in [-0.15, -0.1) is 0 Å². The Balaban J connectivity index is 0. The van der Waals surface area contributed by atoms with Gasteiger partial charge < -0.3 is 14.7 Å². The molecule has 0 aromatic rings. The first-order valence-electron chi connectivity index (χ1n) is 0.839. The minimum atomic E-state index is -2.62. The maximum atomic E-state index is 7.23. The summed E-state index contributed by atoms with van der Waals surface area (Å²) in [6, 6.07) is 0. The zero-order valence-corrected chi connectivity index (χ0v) is 6.25. The van der Waals surface area contributed by atoms with Crippen molar-refractivity contribution in [3.63, 3.8) is 0 Å². The van der Waals surface area contributed by atoms with Crippen LogP contribution in [0.4, 0.5) is 0 Å². The summed E-state index contributed by atoms with van der Waals surface area (Å²) in [7, 11) is 6.78. The molecule has 50 valence electrons. The molecule has 0 rings (SSSR count). The van der Waals surface area contributed by atoms with E-state index in [1.54, 1.807) is 0 Å². The molecule has 0 bridgehead atoms. The first-order chi connectivity index (χ1) is 3.15. The third kappa shape index (κ3) is 112. The Hall–Kier alpha value is 1.38. The van der Waals surface area contributed by atoms with Gasteiger partial charge in [0.15, 0.2) is 0 Å². The Bertz CT molecular complexity index is 24.1. The van der Waals surface area contributed by atoms with Crippen LogP contribution in [0.1, 0.15) is 0 Å². The van der Waals surface area contributed by atoms with Gasteiger partial charge in [0, 0.05) is 0 Å². The van der Waals surface area contributed by atoms with Crippen molar-refractivity contribution in [2.75, 3.05) is 0 Å². The molecule has 0 spiro atoms. The van der Waals surface area contributed by atoms with E-state index in [1.807, 2.05) is 0 Å². The van der Waals surface area contributed by atoms with E-state index in [9.17, 15) is 0 Å². The molecule has 0 saturated carbocycles. The molecule has 0 heterocycles. The van der Waals surface area contributed by atoms with E-state index < -0.39 is 8.60 Å². The molecule has 0 amide bonds. The van der Waals surface area contributed by atoms with Crippen LogP contribution >= 0.6 is 29.0 Å². The van der Waals surface area contributed by atoms with E-state index in [4.69, 9.17) is 35.1 Å². The van der Waals surface area contributed by atoms with Crippen molar-refractivity contribution in [3.05, 3.63) is 0 Å². The Labute approximate surface area is 56.6 Å². The number of hydrogen-bond acceptors (Lipinski definition) is 3. The molecule has 0 saturated heterocycles. The summed E-state index contributed by atoms with van der Waals surface area (Å²) in [5.74, 6) is 0. The van der Waals surface area contributed by atoms with Crippen molar-refractivity contribution >= 4 is 29.0 Å². The minimum absolute atomic E-state index is 0.569. The van der Waals surface area contributed by atoms with Gasteiger partial charge in [-0.05, 0) is 0 Å². The van der Waals surface area contributed by atoms with Gasteiger partial charge in [-0.25, -0.2) is 0 Å². The van der Waals surface area contributed by atoms with E-state index in [1.165, 1.54) is 0 Å². The average Bonchev–Trinajstić information content (AvgIpc) is 1.33. The van der Waals surface area contributed by atoms with Gasteiger partial charge in [0.25, 0.3) is 0 Å². The van der Waals surface area contributed by atoms with Crippen LogP contribution in [-0.4, -0.2) is 14.7 Å². The summed E-state index contributed by atoms with van der Waals surface area (Å²) in [6.45, 7) is 0. The van der Waals surface area contributed by atoms with Crippen molar-refractivity contribution in [1.82, 2.24) is 0 Å². The molecular formula is H3Cl2NiO3P. The van der Waals surface area contributed by atoms with Gasteiger partial charge in [-0.3, -0.25) is 0 Å². The SMILES string of the molecule is OP(O)O.[Cl][Ni][Cl]. The van der Waals surface area contributed by atoms with Gasteiger partial charge in [0.1, 0.15) is 0 Å². The number of hydrogen-bond donors (Lipinski definition) is 3. The molecular weight excluding hydrogens is 209 g/mol. The third-order valence-electron chi connectivity index (χ3n) is 0. The topological polar surface area (TPSA) is 60.7 Å². The maximum absolute atomic E-state index is 7.23. The monoisotopic (exact) mass is 210 g/mol. The molecule has 7 heavy (non-hydrogen) atoms. The second-order valence-corrected chi connectivity index (χ2v) is 2.48. The summed E-state index contributed by atoms with van der Waals surface area (Å²) in [6.07, 6.45) is 0. The molecule has 3 nitrogen and oxygen atoms in total. The standard InChI is InChI=1S/2ClH.Ni.H3O3P/c;;;1-4(2)3/h2*1H;;1-3H/q;;+2;/p-2. The van der Waals surface area contributed by atoms with Gasteiger partial charge in [-0.1, -0.05) is 0 Å². The molecule has 3 N–H and O–H groups in total. The zero-order valence-electron chi connectivity index (χ0n) is 2.86. The summed E-state index contributed by atoms with van der Waals surface area (Å²) in [5.41, 5.74) is 0. The second kappa shape index (κ2) is 10.4. The fourth-order valence-corrected chi connectivity index (χ4v) is 0. The summed E-state index contributed by atoms with van der Waals surface area (Å²) in [4.78, 5) is 21.7. The summed E-state index contributed by atoms with van der Waals surface area (Å²) >= 11 is 0.569. The quantitative estimate of drug-likeness (QED) is 0.406. The van der Waals surface area contributed by atoms with E-state index in [2.05, 4.69) is 0 Å². The van der Waals surface area contributed by atoms with E-state index in [0.29, 0.717) is 12.7 Å². The first kappa shape index (κ1) is 11.2. The van der Waals surface area contributed by atoms with Crippen LogP contribution in [0.2, 0.25) is 0 Å². The Morgan fingerprint density at radius 2 is 1.14 bits per heavy atom. The molecule has 0 aliphatic heterocycles. The first-order valence-corrected chi connectivity index (χ1v) is 4.76. The van der Waals surface area contributed by atoms with E-state index in [0.717, 1.165) is 0 Å². The molecule has 0 aliphatic rings. The molecule has 0 aliphatic carbocycles. The van der Waals surface area contributed by atoms with Crippen LogP contribution in [-0.2, 0) is 12.7 Å². The van der Waals surface area contributed by atoms with Gasteiger partial charge in [0.05, 0.1) is 0 Å². The van der Waals surface area contributed by atoms with Gasteiger partial charge in [-0.2, -0.15) is 0 Å². The Kier molecular flexibility index (Phi) is 16.6. The summed E-state index contributed by atoms with van der Waals surface area (Å²) < 4.78 is 0. The Morgan fingerprint density at radius 3 is 1.14 bits per heavy atom. The van der Waals surface area contributed by atoms with Gasteiger partial charge >= 0.3 is 41.6 Å². The normalized spacial score (nSPS) is 8.29. The molecule has 0 unspecified atom stereocenters. The van der Waals surface area contributed by atoms with Crippen LogP contribution in [0.3, 0.4) is 0 Å². The molecule has 0 fully saturated rings. The molecule has 0 aromatic carbocycles. The van der Waals surface area contributed by atoms with Crippen molar-refractivity contribution in [3.8, 4) is 0 Å². The molecule has 0 aromatic heterocycles. The van der Waals surface area contributed by atoms with Crippen LogP contribution < -0.4 is 0 Å². The van der Waals surface area contributed by atoms with Gasteiger partial charge in [0.2, 0.25) is 0 Å². The zero-order chi connectivity index (χ0) is 6.28. The van der Waals surface area contributed by atoms with Crippen molar-refractivity contribution in [2.24, 2.45) is 0 Å². The average molecular weight is 212 g/mol. The predicted octanol–water partition coefficient (Wildman–Crippen LogP) is 0.567. The number of halogens is 2. The molecule has 0 radical (unpaired) electrons. The van der Waals surface area contributed by atoms with Crippen LogP contribution in [0.25, 0.3) is 0 Å². The van der Waals surface area contributed by atoms with E-state index in [-0.39, 0.29) is 0 Å². The fraction of sp³-hybridized carbons (Fsp3) is 0. The van der Waals surface area contributed by atoms with Crippen molar-refractivity contribution in [2.45, 2.75) is 0 Å². The van der Waals surface area contributed by atoms with Crippen LogP contribution in [0, 0.1) is 0 Å². The fourth-order valence-electron chi connectivity index (χ4n) is 0.